The SMILES string of the molecule is COc1ccc(OC[C@H](O)C[NH+](C(C)C)C(C)C)c(C(C)(C)C)c1. The highest BCUT2D eigenvalue weighted by Crippen LogP contribution is 2.34. The Morgan fingerprint density at radius 2 is 1.67 bits per heavy atom. The highest BCUT2D eigenvalue weighted by Gasteiger charge is 2.23. The van der Waals surface area contributed by atoms with Crippen LogP contribution in [0.5, 0.6) is 11.5 Å². The van der Waals surface area contributed by atoms with Gasteiger partial charge in [0.15, 0.2) is 0 Å². The molecule has 0 aliphatic carbocycles. The topological polar surface area (TPSA) is 43.1 Å². The molecule has 24 heavy (non-hydrogen) atoms. The van der Waals surface area contributed by atoms with Crippen LogP contribution in [0.4, 0.5) is 0 Å². The third kappa shape index (κ3) is 5.99. The molecule has 0 heterocycles. The maximum atomic E-state index is 10.4. The maximum Gasteiger partial charge on any atom is 0.137 e. The maximum absolute atomic E-state index is 10.4. The van der Waals surface area contributed by atoms with E-state index >= 15 is 0 Å². The molecule has 0 aromatic heterocycles. The van der Waals surface area contributed by atoms with Gasteiger partial charge in [-0.3, -0.25) is 0 Å². The van der Waals surface area contributed by atoms with Crippen molar-refractivity contribution in [2.45, 2.75) is 72.1 Å². The molecule has 0 unspecified atom stereocenters. The Hall–Kier alpha value is -1.26. The second-order valence-electron chi connectivity index (χ2n) is 8.17. The van der Waals surface area contributed by atoms with Crippen molar-refractivity contribution in [2.75, 3.05) is 20.3 Å². The highest BCUT2D eigenvalue weighted by molar-refractivity contribution is 5.44. The Morgan fingerprint density at radius 3 is 2.12 bits per heavy atom. The van der Waals surface area contributed by atoms with Crippen LogP contribution in [0.1, 0.15) is 54.0 Å². The van der Waals surface area contributed by atoms with Gasteiger partial charge in [-0.15, -0.1) is 0 Å². The molecule has 0 aliphatic heterocycles. The minimum Gasteiger partial charge on any atom is -0.497 e. The lowest BCUT2D eigenvalue weighted by atomic mass is 9.86. The molecule has 4 heteroatoms. The summed E-state index contributed by atoms with van der Waals surface area (Å²) in [5.74, 6) is 1.64. The smallest absolute Gasteiger partial charge is 0.137 e. The number of nitrogens with one attached hydrogen (secondary N) is 1. The molecule has 4 nitrogen and oxygen atoms in total. The second kappa shape index (κ2) is 8.72. The zero-order valence-electron chi connectivity index (χ0n) is 16.6. The van der Waals surface area contributed by atoms with Gasteiger partial charge in [-0.2, -0.15) is 0 Å². The third-order valence-electron chi connectivity index (χ3n) is 4.38. The minimum atomic E-state index is -0.486. The average molecular weight is 339 g/mol. The van der Waals surface area contributed by atoms with E-state index in [4.69, 9.17) is 9.47 Å². The van der Waals surface area contributed by atoms with Gasteiger partial charge in [0.05, 0.1) is 19.2 Å². The number of benzene rings is 1. The zero-order valence-corrected chi connectivity index (χ0v) is 16.6. The highest BCUT2D eigenvalue weighted by atomic mass is 16.5. The van der Waals surface area contributed by atoms with Crippen LogP contribution in [0, 0.1) is 0 Å². The average Bonchev–Trinajstić information content (AvgIpc) is 2.48. The number of aliphatic hydroxyl groups is 1. The van der Waals surface area contributed by atoms with Crippen LogP contribution in [0.3, 0.4) is 0 Å². The fourth-order valence-corrected chi connectivity index (χ4v) is 3.00. The van der Waals surface area contributed by atoms with Crippen molar-refractivity contribution in [3.8, 4) is 11.5 Å². The van der Waals surface area contributed by atoms with Gasteiger partial charge < -0.3 is 19.5 Å². The lowest BCUT2D eigenvalue weighted by Gasteiger charge is -2.29. The van der Waals surface area contributed by atoms with Gasteiger partial charge in [0, 0.05) is 5.56 Å². The molecule has 0 aliphatic rings. The number of rotatable bonds is 8. The van der Waals surface area contributed by atoms with Crippen LogP contribution in [0.25, 0.3) is 0 Å². The van der Waals surface area contributed by atoms with Gasteiger partial charge in [-0.1, -0.05) is 20.8 Å². The molecule has 0 saturated carbocycles. The summed E-state index contributed by atoms with van der Waals surface area (Å²) in [6.45, 7) is 16.2. The summed E-state index contributed by atoms with van der Waals surface area (Å²) in [6.07, 6.45) is -0.486. The number of hydrogen-bond acceptors (Lipinski definition) is 3. The van der Waals surface area contributed by atoms with E-state index in [9.17, 15) is 5.11 Å². The number of aliphatic hydroxyl groups excluding tert-OH is 1. The first-order valence-corrected chi connectivity index (χ1v) is 8.91. The molecule has 1 aromatic rings. The Morgan fingerprint density at radius 1 is 1.08 bits per heavy atom. The normalized spacial score (nSPS) is 13.7. The quantitative estimate of drug-likeness (QED) is 0.765. The van der Waals surface area contributed by atoms with Gasteiger partial charge >= 0.3 is 0 Å². The molecule has 0 bridgehead atoms. The number of quaternary nitrogens is 1. The van der Waals surface area contributed by atoms with Crippen LogP contribution in [-0.4, -0.2) is 43.6 Å². The van der Waals surface area contributed by atoms with E-state index in [1.807, 2.05) is 18.2 Å². The number of methoxy groups -OCH3 is 1. The fourth-order valence-electron chi connectivity index (χ4n) is 3.00. The first-order valence-electron chi connectivity index (χ1n) is 8.91. The Labute approximate surface area is 147 Å². The summed E-state index contributed by atoms with van der Waals surface area (Å²) in [7, 11) is 1.67. The second-order valence-corrected chi connectivity index (χ2v) is 8.17. The van der Waals surface area contributed by atoms with Crippen molar-refractivity contribution in [3.05, 3.63) is 23.8 Å². The predicted octanol–water partition coefficient (Wildman–Crippen LogP) is 2.43. The molecule has 1 atom stereocenters. The van der Waals surface area contributed by atoms with Crippen LogP contribution in [0.15, 0.2) is 18.2 Å². The van der Waals surface area contributed by atoms with Crippen LogP contribution in [-0.2, 0) is 5.41 Å². The molecule has 0 radical (unpaired) electrons. The van der Waals surface area contributed by atoms with E-state index < -0.39 is 6.10 Å². The van der Waals surface area contributed by atoms with E-state index in [-0.39, 0.29) is 5.41 Å². The Bertz CT molecular complexity index is 498. The molecule has 0 spiro atoms. The molecule has 0 amide bonds. The van der Waals surface area contributed by atoms with Crippen LogP contribution in [0.2, 0.25) is 0 Å². The Balaban J connectivity index is 2.80. The van der Waals surface area contributed by atoms with E-state index in [0.717, 1.165) is 17.1 Å². The summed E-state index contributed by atoms with van der Waals surface area (Å²) >= 11 is 0. The molecule has 1 rings (SSSR count). The van der Waals surface area contributed by atoms with Gasteiger partial charge in [0.1, 0.15) is 30.8 Å². The van der Waals surface area contributed by atoms with Gasteiger partial charge in [0.2, 0.25) is 0 Å². The van der Waals surface area contributed by atoms with E-state index in [2.05, 4.69) is 48.5 Å². The van der Waals surface area contributed by atoms with Crippen LogP contribution >= 0.6 is 0 Å². The van der Waals surface area contributed by atoms with Crippen molar-refractivity contribution in [1.29, 1.82) is 0 Å². The van der Waals surface area contributed by atoms with Crippen molar-refractivity contribution in [3.63, 3.8) is 0 Å². The minimum absolute atomic E-state index is 0.0536. The molecule has 0 fully saturated rings. The largest absolute Gasteiger partial charge is 0.497 e. The lowest BCUT2D eigenvalue weighted by molar-refractivity contribution is -0.944. The monoisotopic (exact) mass is 338 g/mol. The molecule has 0 saturated heterocycles. The molecule has 2 N–H and O–H groups in total. The van der Waals surface area contributed by atoms with Crippen molar-refractivity contribution >= 4 is 0 Å². The third-order valence-corrected chi connectivity index (χ3v) is 4.38. The Kier molecular flexibility index (Phi) is 7.56. The summed E-state index contributed by atoms with van der Waals surface area (Å²) in [5, 5.41) is 10.4. The van der Waals surface area contributed by atoms with Crippen molar-refractivity contribution < 1.29 is 19.5 Å². The number of ether oxygens (including phenoxy) is 2. The van der Waals surface area contributed by atoms with Crippen molar-refractivity contribution in [1.82, 2.24) is 0 Å². The molecular formula is C20H36NO3+. The first kappa shape index (κ1) is 20.8. The summed E-state index contributed by atoms with van der Waals surface area (Å²) < 4.78 is 11.3. The fraction of sp³-hybridized carbons (Fsp3) is 0.700. The van der Waals surface area contributed by atoms with E-state index in [0.29, 0.717) is 25.2 Å². The van der Waals surface area contributed by atoms with Gasteiger partial charge in [-0.25, -0.2) is 0 Å². The standard InChI is InChI=1S/C20H35NO3/c1-14(2)21(15(3)4)12-16(22)13-24-19-10-9-17(23-8)11-18(19)20(5,6)7/h9-11,14-16,22H,12-13H2,1-8H3/p+1/t16-/m1/s1. The summed E-state index contributed by atoms with van der Waals surface area (Å²) in [5.41, 5.74) is 1.04. The van der Waals surface area contributed by atoms with E-state index in [1.54, 1.807) is 7.11 Å². The van der Waals surface area contributed by atoms with Crippen molar-refractivity contribution in [2.24, 2.45) is 0 Å². The predicted molar refractivity (Wildman–Crippen MR) is 99.3 cm³/mol. The van der Waals surface area contributed by atoms with E-state index in [1.165, 1.54) is 4.90 Å². The molecule has 138 valence electrons. The molecular weight excluding hydrogens is 302 g/mol. The summed E-state index contributed by atoms with van der Waals surface area (Å²) in [4.78, 5) is 1.39. The summed E-state index contributed by atoms with van der Waals surface area (Å²) in [6, 6.07) is 6.80. The van der Waals surface area contributed by atoms with Gasteiger partial charge in [-0.05, 0) is 51.3 Å². The molecule has 1 aromatic carbocycles. The number of hydrogen-bond donors (Lipinski definition) is 2. The van der Waals surface area contributed by atoms with Gasteiger partial charge in [0.25, 0.3) is 0 Å². The lowest BCUT2D eigenvalue weighted by Crippen LogP contribution is -3.18. The van der Waals surface area contributed by atoms with Crippen LogP contribution < -0.4 is 14.4 Å². The zero-order chi connectivity index (χ0) is 18.5. The first-order chi connectivity index (χ1) is 11.1.